The van der Waals surface area contributed by atoms with Gasteiger partial charge in [-0.05, 0) is 18.1 Å². The molecule has 88 valence electrons. The van der Waals surface area contributed by atoms with Gasteiger partial charge in [-0.15, -0.1) is 0 Å². The summed E-state index contributed by atoms with van der Waals surface area (Å²) in [4.78, 5) is 25.9. The standard InChI is InChI=1S/C12H11NO3S/c1-9(14)17-8-4-6-10-5-3-7-11(13-10)12(15)16-2/h3,5,7H,8H2,1-2H3. The third-order valence-electron chi connectivity index (χ3n) is 1.71. The number of ether oxygens (including phenoxy) is 1. The van der Waals surface area contributed by atoms with Crippen molar-refractivity contribution >= 4 is 22.8 Å². The maximum atomic E-state index is 11.2. The van der Waals surface area contributed by atoms with Crippen LogP contribution in [0.3, 0.4) is 0 Å². The Balaban J connectivity index is 2.71. The quantitative estimate of drug-likeness (QED) is 0.587. The number of pyridine rings is 1. The van der Waals surface area contributed by atoms with Crippen LogP contribution in [0.25, 0.3) is 0 Å². The fraction of sp³-hybridized carbons (Fsp3) is 0.250. The molecule has 17 heavy (non-hydrogen) atoms. The minimum atomic E-state index is -0.494. The van der Waals surface area contributed by atoms with Gasteiger partial charge in [-0.3, -0.25) is 4.79 Å². The highest BCUT2D eigenvalue weighted by atomic mass is 32.2. The second kappa shape index (κ2) is 6.71. The van der Waals surface area contributed by atoms with Gasteiger partial charge in [0.15, 0.2) is 5.12 Å². The molecule has 0 saturated carbocycles. The molecule has 0 spiro atoms. The van der Waals surface area contributed by atoms with Gasteiger partial charge in [-0.1, -0.05) is 23.7 Å². The normalized spacial score (nSPS) is 9.06. The zero-order valence-electron chi connectivity index (χ0n) is 9.52. The van der Waals surface area contributed by atoms with E-state index in [0.29, 0.717) is 11.4 Å². The highest BCUT2D eigenvalue weighted by Crippen LogP contribution is 2.01. The number of carbonyl (C=O) groups excluding carboxylic acids is 2. The first-order chi connectivity index (χ1) is 8.13. The zero-order chi connectivity index (χ0) is 12.7. The third kappa shape index (κ3) is 4.70. The van der Waals surface area contributed by atoms with Crippen LogP contribution in [0.2, 0.25) is 0 Å². The van der Waals surface area contributed by atoms with Crippen molar-refractivity contribution in [3.8, 4) is 11.8 Å². The lowest BCUT2D eigenvalue weighted by atomic mass is 10.3. The van der Waals surface area contributed by atoms with E-state index in [1.54, 1.807) is 18.2 Å². The molecule has 0 bridgehead atoms. The van der Waals surface area contributed by atoms with E-state index in [-0.39, 0.29) is 10.8 Å². The highest BCUT2D eigenvalue weighted by molar-refractivity contribution is 8.13. The van der Waals surface area contributed by atoms with Gasteiger partial charge in [-0.25, -0.2) is 9.78 Å². The largest absolute Gasteiger partial charge is 0.464 e. The zero-order valence-corrected chi connectivity index (χ0v) is 10.3. The van der Waals surface area contributed by atoms with Gasteiger partial charge >= 0.3 is 5.97 Å². The van der Waals surface area contributed by atoms with Crippen LogP contribution in [0.4, 0.5) is 0 Å². The number of thioether (sulfide) groups is 1. The lowest BCUT2D eigenvalue weighted by Crippen LogP contribution is -2.04. The molecule has 0 aliphatic rings. The van der Waals surface area contributed by atoms with Crippen molar-refractivity contribution in [3.05, 3.63) is 29.6 Å². The Hall–Kier alpha value is -1.80. The molecule has 0 N–H and O–H groups in total. The Morgan fingerprint density at radius 1 is 1.47 bits per heavy atom. The molecule has 5 heteroatoms. The van der Waals surface area contributed by atoms with Crippen LogP contribution in [0.15, 0.2) is 18.2 Å². The van der Waals surface area contributed by atoms with E-state index >= 15 is 0 Å². The maximum Gasteiger partial charge on any atom is 0.356 e. The number of aromatic nitrogens is 1. The molecule has 1 heterocycles. The molecule has 0 radical (unpaired) electrons. The third-order valence-corrected chi connectivity index (χ3v) is 2.40. The predicted octanol–water partition coefficient (Wildman–Crippen LogP) is 1.50. The molecule has 0 aliphatic heterocycles. The van der Waals surface area contributed by atoms with Crippen LogP contribution in [0, 0.1) is 11.8 Å². The molecule has 0 saturated heterocycles. The summed E-state index contributed by atoms with van der Waals surface area (Å²) in [5.74, 6) is 5.49. The minimum absolute atomic E-state index is 0.0237. The van der Waals surface area contributed by atoms with E-state index in [4.69, 9.17) is 0 Å². The van der Waals surface area contributed by atoms with Crippen molar-refractivity contribution in [1.29, 1.82) is 0 Å². The topological polar surface area (TPSA) is 56.3 Å². The fourth-order valence-corrected chi connectivity index (χ4v) is 1.33. The van der Waals surface area contributed by atoms with Gasteiger partial charge in [0.1, 0.15) is 11.4 Å². The molecule has 1 aromatic rings. The van der Waals surface area contributed by atoms with E-state index in [1.165, 1.54) is 14.0 Å². The molecule has 0 atom stereocenters. The van der Waals surface area contributed by atoms with E-state index < -0.39 is 5.97 Å². The van der Waals surface area contributed by atoms with Crippen LogP contribution in [-0.2, 0) is 9.53 Å². The summed E-state index contributed by atoms with van der Waals surface area (Å²) in [6.45, 7) is 1.49. The van der Waals surface area contributed by atoms with Crippen LogP contribution in [0.1, 0.15) is 23.1 Å². The van der Waals surface area contributed by atoms with Gasteiger partial charge in [0, 0.05) is 6.92 Å². The van der Waals surface area contributed by atoms with Gasteiger partial charge in [-0.2, -0.15) is 0 Å². The molecular weight excluding hydrogens is 238 g/mol. The van der Waals surface area contributed by atoms with Crippen molar-refractivity contribution < 1.29 is 14.3 Å². The van der Waals surface area contributed by atoms with Crippen LogP contribution >= 0.6 is 11.8 Å². The molecule has 0 unspecified atom stereocenters. The van der Waals surface area contributed by atoms with Crippen molar-refractivity contribution in [3.63, 3.8) is 0 Å². The molecule has 0 fully saturated rings. The smallest absolute Gasteiger partial charge is 0.356 e. The first-order valence-electron chi connectivity index (χ1n) is 4.81. The van der Waals surface area contributed by atoms with Crippen molar-refractivity contribution in [2.45, 2.75) is 6.92 Å². The molecule has 4 nitrogen and oxygen atoms in total. The number of nitrogens with zero attached hydrogens (tertiary/aromatic N) is 1. The summed E-state index contributed by atoms with van der Waals surface area (Å²) in [5, 5.41) is 0.0237. The first-order valence-corrected chi connectivity index (χ1v) is 5.79. The molecular formula is C12H11NO3S. The minimum Gasteiger partial charge on any atom is -0.464 e. The Bertz CT molecular complexity index is 488. The number of carbonyl (C=O) groups is 2. The highest BCUT2D eigenvalue weighted by Gasteiger charge is 2.05. The number of esters is 1. The summed E-state index contributed by atoms with van der Waals surface area (Å²) in [7, 11) is 1.30. The number of hydrogen-bond donors (Lipinski definition) is 0. The van der Waals surface area contributed by atoms with Gasteiger partial charge in [0.25, 0.3) is 0 Å². The van der Waals surface area contributed by atoms with Crippen LogP contribution in [0.5, 0.6) is 0 Å². The number of rotatable bonds is 2. The Morgan fingerprint density at radius 3 is 2.88 bits per heavy atom. The Morgan fingerprint density at radius 2 is 2.24 bits per heavy atom. The average Bonchev–Trinajstić information content (AvgIpc) is 2.34. The van der Waals surface area contributed by atoms with Gasteiger partial charge < -0.3 is 4.74 Å². The summed E-state index contributed by atoms with van der Waals surface area (Å²) in [6, 6.07) is 4.93. The number of methoxy groups -OCH3 is 1. The van der Waals surface area contributed by atoms with Crippen molar-refractivity contribution in [2.75, 3.05) is 12.9 Å². The number of hydrogen-bond acceptors (Lipinski definition) is 5. The van der Waals surface area contributed by atoms with Crippen LogP contribution < -0.4 is 0 Å². The first kappa shape index (κ1) is 13.3. The maximum absolute atomic E-state index is 11.2. The summed E-state index contributed by atoms with van der Waals surface area (Å²) >= 11 is 1.13. The van der Waals surface area contributed by atoms with Crippen molar-refractivity contribution in [1.82, 2.24) is 4.98 Å². The monoisotopic (exact) mass is 249 g/mol. The lowest BCUT2D eigenvalue weighted by molar-refractivity contribution is -0.109. The summed E-state index contributed by atoms with van der Waals surface area (Å²) in [5.41, 5.74) is 0.704. The predicted molar refractivity (Wildman–Crippen MR) is 65.6 cm³/mol. The molecule has 1 aromatic heterocycles. The average molecular weight is 249 g/mol. The Kier molecular flexibility index (Phi) is 5.24. The molecule has 0 aliphatic carbocycles. The van der Waals surface area contributed by atoms with E-state index in [9.17, 15) is 9.59 Å². The molecule has 0 amide bonds. The fourth-order valence-electron chi connectivity index (χ4n) is 0.987. The van der Waals surface area contributed by atoms with E-state index in [2.05, 4.69) is 21.6 Å². The molecule has 0 aromatic carbocycles. The Labute approximate surface area is 104 Å². The summed E-state index contributed by atoms with van der Waals surface area (Å²) < 4.78 is 4.55. The van der Waals surface area contributed by atoms with Gasteiger partial charge in [0.05, 0.1) is 12.9 Å². The van der Waals surface area contributed by atoms with E-state index in [1.807, 2.05) is 0 Å². The van der Waals surface area contributed by atoms with E-state index in [0.717, 1.165) is 11.8 Å². The van der Waals surface area contributed by atoms with Gasteiger partial charge in [0.2, 0.25) is 0 Å². The summed E-state index contributed by atoms with van der Waals surface area (Å²) in [6.07, 6.45) is 0. The SMILES string of the molecule is COC(=O)c1cccc(C#CCSC(C)=O)n1. The van der Waals surface area contributed by atoms with Crippen LogP contribution in [-0.4, -0.2) is 28.9 Å². The second-order valence-corrected chi connectivity index (χ2v) is 4.13. The molecule has 1 rings (SSSR count). The second-order valence-electron chi connectivity index (χ2n) is 2.98. The van der Waals surface area contributed by atoms with Crippen molar-refractivity contribution in [2.24, 2.45) is 0 Å². The lowest BCUT2D eigenvalue weighted by Gasteiger charge is -1.97.